The van der Waals surface area contributed by atoms with E-state index in [1.165, 1.54) is 42.6 Å². The molecule has 6 heteroatoms. The highest BCUT2D eigenvalue weighted by Crippen LogP contribution is 2.17. The molecule has 0 atom stereocenters. The van der Waals surface area contributed by atoms with E-state index in [9.17, 15) is 14.0 Å². The Bertz CT molecular complexity index is 1000. The van der Waals surface area contributed by atoms with Crippen molar-refractivity contribution in [2.45, 2.75) is 13.8 Å². The second-order valence-electron chi connectivity index (χ2n) is 6.16. The lowest BCUT2D eigenvalue weighted by molar-refractivity contribution is 0.102. The van der Waals surface area contributed by atoms with Crippen LogP contribution in [0.5, 0.6) is 0 Å². The maximum atomic E-state index is 13.0. The number of pyridine rings is 1. The SMILES string of the molecule is Cc1ccc(NC(=O)c2cc(C(=O)Nc3ccc(F)cc3)ccn2)c(C)c1. The van der Waals surface area contributed by atoms with Crippen LogP contribution in [0.4, 0.5) is 15.8 Å². The van der Waals surface area contributed by atoms with E-state index in [1.807, 2.05) is 32.0 Å². The molecule has 27 heavy (non-hydrogen) atoms. The molecule has 1 aromatic heterocycles. The molecule has 3 rings (SSSR count). The van der Waals surface area contributed by atoms with Crippen molar-refractivity contribution in [3.8, 4) is 0 Å². The smallest absolute Gasteiger partial charge is 0.274 e. The van der Waals surface area contributed by atoms with E-state index in [0.29, 0.717) is 11.4 Å². The zero-order valence-electron chi connectivity index (χ0n) is 14.9. The largest absolute Gasteiger partial charge is 0.322 e. The average Bonchev–Trinajstić information content (AvgIpc) is 2.66. The zero-order valence-corrected chi connectivity index (χ0v) is 14.9. The molecule has 2 aromatic carbocycles. The van der Waals surface area contributed by atoms with Gasteiger partial charge in [-0.3, -0.25) is 14.6 Å². The molecule has 2 amide bonds. The topological polar surface area (TPSA) is 71.1 Å². The Morgan fingerprint density at radius 2 is 1.63 bits per heavy atom. The average molecular weight is 363 g/mol. The van der Waals surface area contributed by atoms with Crippen molar-refractivity contribution in [1.82, 2.24) is 4.98 Å². The van der Waals surface area contributed by atoms with Gasteiger partial charge in [0.2, 0.25) is 0 Å². The highest BCUT2D eigenvalue weighted by molar-refractivity contribution is 6.08. The highest BCUT2D eigenvalue weighted by atomic mass is 19.1. The monoisotopic (exact) mass is 363 g/mol. The molecule has 0 bridgehead atoms. The first-order valence-corrected chi connectivity index (χ1v) is 8.34. The third-order valence-electron chi connectivity index (χ3n) is 3.99. The molecular formula is C21H18FN3O2. The van der Waals surface area contributed by atoms with Crippen LogP contribution in [0.25, 0.3) is 0 Å². The maximum absolute atomic E-state index is 13.0. The van der Waals surface area contributed by atoms with Gasteiger partial charge < -0.3 is 10.6 Å². The number of nitrogens with zero attached hydrogens (tertiary/aromatic N) is 1. The zero-order chi connectivity index (χ0) is 19.4. The van der Waals surface area contributed by atoms with Gasteiger partial charge in [-0.15, -0.1) is 0 Å². The molecule has 0 saturated carbocycles. The Morgan fingerprint density at radius 1 is 0.889 bits per heavy atom. The van der Waals surface area contributed by atoms with Crippen LogP contribution in [0.15, 0.2) is 60.8 Å². The molecule has 0 aliphatic rings. The molecular weight excluding hydrogens is 345 g/mol. The summed E-state index contributed by atoms with van der Waals surface area (Å²) in [6.07, 6.45) is 1.40. The van der Waals surface area contributed by atoms with Crippen LogP contribution < -0.4 is 10.6 Å². The standard InChI is InChI=1S/C21H18FN3O2/c1-13-3-8-18(14(2)11-13)25-21(27)19-12-15(9-10-23-19)20(26)24-17-6-4-16(22)5-7-17/h3-12H,1-2H3,(H,24,26)(H,25,27). The summed E-state index contributed by atoms with van der Waals surface area (Å²) < 4.78 is 13.0. The molecule has 2 N–H and O–H groups in total. The van der Waals surface area contributed by atoms with Crippen LogP contribution in [0.2, 0.25) is 0 Å². The van der Waals surface area contributed by atoms with Crippen molar-refractivity contribution in [2.75, 3.05) is 10.6 Å². The number of amides is 2. The van der Waals surface area contributed by atoms with Gasteiger partial charge in [0.1, 0.15) is 11.5 Å². The van der Waals surface area contributed by atoms with Gasteiger partial charge >= 0.3 is 0 Å². The van der Waals surface area contributed by atoms with Crippen molar-refractivity contribution in [3.05, 3.63) is 89.0 Å². The van der Waals surface area contributed by atoms with E-state index in [0.717, 1.165) is 11.1 Å². The quantitative estimate of drug-likeness (QED) is 0.724. The van der Waals surface area contributed by atoms with Crippen molar-refractivity contribution in [1.29, 1.82) is 0 Å². The molecule has 0 saturated heterocycles. The molecule has 3 aromatic rings. The van der Waals surface area contributed by atoms with Gasteiger partial charge in [0.15, 0.2) is 0 Å². The van der Waals surface area contributed by atoms with Crippen molar-refractivity contribution < 1.29 is 14.0 Å². The summed E-state index contributed by atoms with van der Waals surface area (Å²) in [6, 6.07) is 14.1. The van der Waals surface area contributed by atoms with Gasteiger partial charge in [0, 0.05) is 23.1 Å². The van der Waals surface area contributed by atoms with E-state index < -0.39 is 11.8 Å². The summed E-state index contributed by atoms with van der Waals surface area (Å²) in [6.45, 7) is 3.88. The maximum Gasteiger partial charge on any atom is 0.274 e. The third kappa shape index (κ3) is 4.55. The first kappa shape index (κ1) is 18.3. The van der Waals surface area contributed by atoms with Crippen molar-refractivity contribution >= 4 is 23.2 Å². The normalized spacial score (nSPS) is 10.3. The number of hydrogen-bond acceptors (Lipinski definition) is 3. The lowest BCUT2D eigenvalue weighted by atomic mass is 10.1. The van der Waals surface area contributed by atoms with Gasteiger partial charge in [-0.1, -0.05) is 17.7 Å². The molecule has 1 heterocycles. The fourth-order valence-corrected chi connectivity index (χ4v) is 2.57. The number of carbonyl (C=O) groups excluding carboxylic acids is 2. The second-order valence-corrected chi connectivity index (χ2v) is 6.16. The van der Waals surface area contributed by atoms with Crippen LogP contribution in [0, 0.1) is 19.7 Å². The van der Waals surface area contributed by atoms with Crippen molar-refractivity contribution in [3.63, 3.8) is 0 Å². The first-order valence-electron chi connectivity index (χ1n) is 8.34. The molecule has 0 aliphatic heterocycles. The lowest BCUT2D eigenvalue weighted by Crippen LogP contribution is -2.17. The van der Waals surface area contributed by atoms with E-state index >= 15 is 0 Å². The number of aryl methyl sites for hydroxylation is 2. The van der Waals surface area contributed by atoms with E-state index in [-0.39, 0.29) is 17.1 Å². The Balaban J connectivity index is 1.75. The van der Waals surface area contributed by atoms with Crippen molar-refractivity contribution in [2.24, 2.45) is 0 Å². The number of carbonyl (C=O) groups is 2. The Morgan fingerprint density at radius 3 is 2.33 bits per heavy atom. The fraction of sp³-hybridized carbons (Fsp3) is 0.0952. The minimum absolute atomic E-state index is 0.127. The summed E-state index contributed by atoms with van der Waals surface area (Å²) in [7, 11) is 0. The van der Waals surface area contributed by atoms with Crippen LogP contribution in [-0.2, 0) is 0 Å². The Labute approximate surface area is 156 Å². The lowest BCUT2D eigenvalue weighted by Gasteiger charge is -2.10. The van der Waals surface area contributed by atoms with Gasteiger partial charge in [0.05, 0.1) is 0 Å². The minimum Gasteiger partial charge on any atom is -0.322 e. The van der Waals surface area contributed by atoms with E-state index in [4.69, 9.17) is 0 Å². The number of benzene rings is 2. The molecule has 136 valence electrons. The van der Waals surface area contributed by atoms with E-state index in [2.05, 4.69) is 15.6 Å². The highest BCUT2D eigenvalue weighted by Gasteiger charge is 2.13. The van der Waals surface area contributed by atoms with Crippen LogP contribution in [0.3, 0.4) is 0 Å². The molecule has 5 nitrogen and oxygen atoms in total. The summed E-state index contributed by atoms with van der Waals surface area (Å²) in [4.78, 5) is 28.9. The predicted octanol–water partition coefficient (Wildman–Crippen LogP) is 4.34. The first-order chi connectivity index (χ1) is 12.9. The van der Waals surface area contributed by atoms with Gasteiger partial charge in [0.25, 0.3) is 11.8 Å². The minimum atomic E-state index is -0.412. The number of halogens is 1. The van der Waals surface area contributed by atoms with Crippen LogP contribution >= 0.6 is 0 Å². The number of aromatic nitrogens is 1. The number of hydrogen-bond donors (Lipinski definition) is 2. The van der Waals surface area contributed by atoms with Crippen LogP contribution in [-0.4, -0.2) is 16.8 Å². The molecule has 0 radical (unpaired) electrons. The van der Waals surface area contributed by atoms with E-state index in [1.54, 1.807) is 0 Å². The number of rotatable bonds is 4. The molecule has 0 fully saturated rings. The number of nitrogens with one attached hydrogen (secondary N) is 2. The number of anilines is 2. The summed E-state index contributed by atoms with van der Waals surface area (Å²) in [5.74, 6) is -1.20. The van der Waals surface area contributed by atoms with Gasteiger partial charge in [-0.2, -0.15) is 0 Å². The summed E-state index contributed by atoms with van der Waals surface area (Å²) >= 11 is 0. The fourth-order valence-electron chi connectivity index (χ4n) is 2.57. The Hall–Kier alpha value is -3.54. The predicted molar refractivity (Wildman–Crippen MR) is 102 cm³/mol. The van der Waals surface area contributed by atoms with Gasteiger partial charge in [-0.05, 0) is 61.9 Å². The summed E-state index contributed by atoms with van der Waals surface area (Å²) in [5, 5.41) is 5.45. The van der Waals surface area contributed by atoms with Gasteiger partial charge in [-0.25, -0.2) is 4.39 Å². The van der Waals surface area contributed by atoms with Crippen LogP contribution in [0.1, 0.15) is 32.0 Å². The second kappa shape index (κ2) is 7.78. The third-order valence-corrected chi connectivity index (χ3v) is 3.99. The molecule has 0 spiro atoms. The molecule has 0 aliphatic carbocycles. The molecule has 0 unspecified atom stereocenters. The summed E-state index contributed by atoms with van der Waals surface area (Å²) in [5.41, 5.74) is 3.59. The Kier molecular flexibility index (Phi) is 5.26.